The Morgan fingerprint density at radius 2 is 1.94 bits per heavy atom. The van der Waals surface area contributed by atoms with Crippen LogP contribution in [-0.2, 0) is 6.54 Å². The normalized spacial score (nSPS) is 10.7. The van der Waals surface area contributed by atoms with Gasteiger partial charge in [-0.3, -0.25) is 0 Å². The summed E-state index contributed by atoms with van der Waals surface area (Å²) in [5.41, 5.74) is 3.41. The largest absolute Gasteiger partial charge is 0.313 e. The third-order valence-corrected chi connectivity index (χ3v) is 2.52. The van der Waals surface area contributed by atoms with Crippen LogP contribution in [0.1, 0.15) is 17.0 Å². The molecule has 0 amide bonds. The standard InChI is InChI=1S/C11H15N5/c1-8-5-4-6-9(2)11(8)16-10(7-12-3)13-14-15-16/h4-6,12H,7H2,1-3H3. The zero-order chi connectivity index (χ0) is 11.5. The van der Waals surface area contributed by atoms with Gasteiger partial charge in [-0.05, 0) is 42.4 Å². The molecule has 0 bridgehead atoms. The molecule has 0 spiro atoms. The van der Waals surface area contributed by atoms with Crippen LogP contribution < -0.4 is 5.32 Å². The summed E-state index contributed by atoms with van der Waals surface area (Å²) in [6, 6.07) is 6.16. The van der Waals surface area contributed by atoms with Crippen molar-refractivity contribution in [3.8, 4) is 5.69 Å². The predicted octanol–water partition coefficient (Wildman–Crippen LogP) is 0.999. The van der Waals surface area contributed by atoms with Crippen molar-refractivity contribution in [1.82, 2.24) is 25.5 Å². The molecular weight excluding hydrogens is 202 g/mol. The summed E-state index contributed by atoms with van der Waals surface area (Å²) in [7, 11) is 1.88. The van der Waals surface area contributed by atoms with Crippen LogP contribution in [0.5, 0.6) is 0 Å². The molecule has 2 rings (SSSR count). The molecule has 1 aromatic carbocycles. The summed E-state index contributed by atoms with van der Waals surface area (Å²) in [6.45, 7) is 4.78. The highest BCUT2D eigenvalue weighted by Gasteiger charge is 2.11. The first-order chi connectivity index (χ1) is 7.74. The van der Waals surface area contributed by atoms with E-state index < -0.39 is 0 Å². The third-order valence-electron chi connectivity index (χ3n) is 2.52. The van der Waals surface area contributed by atoms with Crippen molar-refractivity contribution < 1.29 is 0 Å². The Labute approximate surface area is 94.5 Å². The van der Waals surface area contributed by atoms with Crippen LogP contribution in [-0.4, -0.2) is 27.3 Å². The van der Waals surface area contributed by atoms with Gasteiger partial charge < -0.3 is 5.32 Å². The number of nitrogens with one attached hydrogen (secondary N) is 1. The number of rotatable bonds is 3. The molecule has 1 aromatic heterocycles. The lowest BCUT2D eigenvalue weighted by molar-refractivity contribution is 0.704. The first kappa shape index (κ1) is 10.8. The Balaban J connectivity index is 2.54. The highest BCUT2D eigenvalue weighted by atomic mass is 15.5. The Bertz CT molecular complexity index is 469. The SMILES string of the molecule is CNCc1nnnn1-c1c(C)cccc1C. The van der Waals surface area contributed by atoms with Gasteiger partial charge >= 0.3 is 0 Å². The number of hydrogen-bond donors (Lipinski definition) is 1. The molecule has 0 atom stereocenters. The number of nitrogens with zero attached hydrogens (tertiary/aromatic N) is 4. The molecule has 0 fully saturated rings. The summed E-state index contributed by atoms with van der Waals surface area (Å²) in [5, 5.41) is 14.8. The molecule has 2 aromatic rings. The maximum Gasteiger partial charge on any atom is 0.170 e. The average molecular weight is 217 g/mol. The molecule has 16 heavy (non-hydrogen) atoms. The van der Waals surface area contributed by atoms with E-state index in [0.29, 0.717) is 6.54 Å². The van der Waals surface area contributed by atoms with E-state index in [9.17, 15) is 0 Å². The fourth-order valence-electron chi connectivity index (χ4n) is 1.79. The van der Waals surface area contributed by atoms with Gasteiger partial charge in [0.25, 0.3) is 0 Å². The van der Waals surface area contributed by atoms with E-state index in [2.05, 4.69) is 46.8 Å². The molecule has 0 aliphatic rings. The van der Waals surface area contributed by atoms with Crippen molar-refractivity contribution in [2.75, 3.05) is 7.05 Å². The van der Waals surface area contributed by atoms with E-state index in [1.807, 2.05) is 13.1 Å². The lowest BCUT2D eigenvalue weighted by Gasteiger charge is -2.10. The number of hydrogen-bond acceptors (Lipinski definition) is 4. The summed E-state index contributed by atoms with van der Waals surface area (Å²) < 4.78 is 1.79. The van der Waals surface area contributed by atoms with Crippen molar-refractivity contribution in [1.29, 1.82) is 0 Å². The second-order valence-corrected chi connectivity index (χ2v) is 3.78. The van der Waals surface area contributed by atoms with Crippen LogP contribution >= 0.6 is 0 Å². The van der Waals surface area contributed by atoms with Crippen molar-refractivity contribution in [2.45, 2.75) is 20.4 Å². The lowest BCUT2D eigenvalue weighted by Crippen LogP contribution is -2.13. The van der Waals surface area contributed by atoms with Gasteiger partial charge in [0.1, 0.15) is 0 Å². The highest BCUT2D eigenvalue weighted by Crippen LogP contribution is 2.18. The van der Waals surface area contributed by atoms with Crippen molar-refractivity contribution >= 4 is 0 Å². The molecule has 5 nitrogen and oxygen atoms in total. The molecule has 0 aliphatic heterocycles. The fraction of sp³-hybridized carbons (Fsp3) is 0.364. The van der Waals surface area contributed by atoms with Crippen molar-refractivity contribution in [3.05, 3.63) is 35.2 Å². The predicted molar refractivity (Wildman–Crippen MR) is 61.4 cm³/mol. The first-order valence-electron chi connectivity index (χ1n) is 5.22. The van der Waals surface area contributed by atoms with Crippen LogP contribution in [0.4, 0.5) is 0 Å². The molecule has 0 saturated carbocycles. The molecule has 1 N–H and O–H groups in total. The smallest absolute Gasteiger partial charge is 0.170 e. The maximum absolute atomic E-state index is 4.04. The van der Waals surface area contributed by atoms with Gasteiger partial charge in [-0.1, -0.05) is 18.2 Å². The van der Waals surface area contributed by atoms with E-state index in [4.69, 9.17) is 0 Å². The van der Waals surface area contributed by atoms with E-state index in [1.165, 1.54) is 11.1 Å². The Kier molecular flexibility index (Phi) is 2.96. The zero-order valence-corrected chi connectivity index (χ0v) is 9.73. The van der Waals surface area contributed by atoms with Gasteiger partial charge in [-0.15, -0.1) is 5.10 Å². The average Bonchev–Trinajstić information content (AvgIpc) is 2.67. The number of aryl methyl sites for hydroxylation is 2. The topological polar surface area (TPSA) is 55.6 Å². The highest BCUT2D eigenvalue weighted by molar-refractivity contribution is 5.46. The van der Waals surface area contributed by atoms with Crippen molar-refractivity contribution in [2.24, 2.45) is 0 Å². The Morgan fingerprint density at radius 1 is 1.25 bits per heavy atom. The summed E-state index contributed by atoms with van der Waals surface area (Å²) in [4.78, 5) is 0. The summed E-state index contributed by atoms with van der Waals surface area (Å²) >= 11 is 0. The van der Waals surface area contributed by atoms with E-state index >= 15 is 0 Å². The van der Waals surface area contributed by atoms with Crippen molar-refractivity contribution in [3.63, 3.8) is 0 Å². The molecule has 0 radical (unpaired) electrons. The monoisotopic (exact) mass is 217 g/mol. The molecule has 0 unspecified atom stereocenters. The number of para-hydroxylation sites is 1. The van der Waals surface area contributed by atoms with Crippen LogP contribution in [0.15, 0.2) is 18.2 Å². The van der Waals surface area contributed by atoms with Gasteiger partial charge in [0, 0.05) is 0 Å². The molecule has 1 heterocycles. The van der Waals surface area contributed by atoms with Gasteiger partial charge in [-0.25, -0.2) is 0 Å². The second kappa shape index (κ2) is 4.40. The minimum atomic E-state index is 0.654. The first-order valence-corrected chi connectivity index (χ1v) is 5.22. The zero-order valence-electron chi connectivity index (χ0n) is 9.73. The van der Waals surface area contributed by atoms with Crippen LogP contribution in [0, 0.1) is 13.8 Å². The summed E-state index contributed by atoms with van der Waals surface area (Å²) in [5.74, 6) is 0.819. The third kappa shape index (κ3) is 1.81. The molecule has 5 heteroatoms. The van der Waals surface area contributed by atoms with Gasteiger partial charge in [0.2, 0.25) is 0 Å². The van der Waals surface area contributed by atoms with E-state index in [-0.39, 0.29) is 0 Å². The lowest BCUT2D eigenvalue weighted by atomic mass is 10.1. The number of aromatic nitrogens is 4. The number of tetrazole rings is 1. The van der Waals surface area contributed by atoms with Gasteiger partial charge in [-0.2, -0.15) is 4.68 Å². The molecular formula is C11H15N5. The van der Waals surface area contributed by atoms with Crippen LogP contribution in [0.3, 0.4) is 0 Å². The fourth-order valence-corrected chi connectivity index (χ4v) is 1.79. The van der Waals surface area contributed by atoms with Gasteiger partial charge in [0.15, 0.2) is 5.82 Å². The second-order valence-electron chi connectivity index (χ2n) is 3.78. The molecule has 0 aliphatic carbocycles. The Morgan fingerprint density at radius 3 is 2.56 bits per heavy atom. The maximum atomic E-state index is 4.04. The minimum absolute atomic E-state index is 0.654. The Hall–Kier alpha value is -1.75. The molecule has 0 saturated heterocycles. The van der Waals surface area contributed by atoms with E-state index in [0.717, 1.165) is 11.5 Å². The van der Waals surface area contributed by atoms with Crippen LogP contribution in [0.25, 0.3) is 5.69 Å². The van der Waals surface area contributed by atoms with E-state index in [1.54, 1.807) is 4.68 Å². The quantitative estimate of drug-likeness (QED) is 0.833. The van der Waals surface area contributed by atoms with Crippen LogP contribution in [0.2, 0.25) is 0 Å². The minimum Gasteiger partial charge on any atom is -0.313 e. The molecule has 84 valence electrons. The van der Waals surface area contributed by atoms with Gasteiger partial charge in [0.05, 0.1) is 12.2 Å². The number of benzene rings is 1. The summed E-state index contributed by atoms with van der Waals surface area (Å²) in [6.07, 6.45) is 0.